The van der Waals surface area contributed by atoms with Crippen molar-refractivity contribution in [1.82, 2.24) is 10.6 Å². The van der Waals surface area contributed by atoms with Gasteiger partial charge in [-0.25, -0.2) is 0 Å². The van der Waals surface area contributed by atoms with Gasteiger partial charge >= 0.3 is 0 Å². The molecule has 2 N–H and O–H groups in total. The predicted molar refractivity (Wildman–Crippen MR) is 85.2 cm³/mol. The van der Waals surface area contributed by atoms with Gasteiger partial charge in [0.25, 0.3) is 0 Å². The lowest BCUT2D eigenvalue weighted by molar-refractivity contribution is -0.130. The molecular weight excluding hydrogens is 280 g/mol. The third kappa shape index (κ3) is 5.52. The maximum absolute atomic E-state index is 12.2. The van der Waals surface area contributed by atoms with Crippen molar-refractivity contribution in [2.24, 2.45) is 0 Å². The van der Waals surface area contributed by atoms with Crippen LogP contribution in [0.2, 0.25) is 0 Å². The molecule has 2 amide bonds. The van der Waals surface area contributed by atoms with Gasteiger partial charge in [-0.1, -0.05) is 43.3 Å². The first-order valence-electron chi connectivity index (χ1n) is 7.24. The van der Waals surface area contributed by atoms with Gasteiger partial charge in [0.1, 0.15) is 6.04 Å². The van der Waals surface area contributed by atoms with E-state index in [2.05, 4.69) is 17.2 Å². The number of hydrogen-bond acceptors (Lipinski definition) is 3. The molecule has 5 nitrogen and oxygen atoms in total. The first-order chi connectivity index (χ1) is 10.5. The number of amides is 2. The van der Waals surface area contributed by atoms with Crippen LogP contribution in [0.15, 0.2) is 43.0 Å². The topological polar surface area (TPSA) is 75.3 Å². The Morgan fingerprint density at radius 2 is 1.82 bits per heavy atom. The number of Topliss-reactive ketones (excluding diaryl/α,β-unsaturated/α-hetero) is 1. The van der Waals surface area contributed by atoms with Crippen LogP contribution < -0.4 is 10.6 Å². The fraction of sp³-hybridized carbons (Fsp3) is 0.353. The third-order valence-electron chi connectivity index (χ3n) is 3.25. The van der Waals surface area contributed by atoms with E-state index in [0.717, 1.165) is 5.56 Å². The molecule has 0 aliphatic heterocycles. The molecule has 22 heavy (non-hydrogen) atoms. The third-order valence-corrected chi connectivity index (χ3v) is 3.25. The van der Waals surface area contributed by atoms with E-state index in [0.29, 0.717) is 6.42 Å². The Labute approximate surface area is 130 Å². The molecule has 0 spiro atoms. The fourth-order valence-corrected chi connectivity index (χ4v) is 1.91. The van der Waals surface area contributed by atoms with Crippen molar-refractivity contribution in [1.29, 1.82) is 0 Å². The van der Waals surface area contributed by atoms with E-state index in [1.54, 1.807) is 6.92 Å². The van der Waals surface area contributed by atoms with Gasteiger partial charge in [-0.05, 0) is 18.9 Å². The summed E-state index contributed by atoms with van der Waals surface area (Å²) >= 11 is 0. The van der Waals surface area contributed by atoms with Crippen LogP contribution in [0.4, 0.5) is 0 Å². The lowest BCUT2D eigenvalue weighted by atomic mass is 10.0. The Kier molecular flexibility index (Phi) is 7.02. The van der Waals surface area contributed by atoms with Gasteiger partial charge in [-0.2, -0.15) is 0 Å². The number of hydrogen-bond donors (Lipinski definition) is 2. The molecule has 1 rings (SSSR count). The molecule has 1 aromatic rings. The van der Waals surface area contributed by atoms with Crippen LogP contribution in [0, 0.1) is 0 Å². The molecular formula is C17H22N2O3. The van der Waals surface area contributed by atoms with Crippen molar-refractivity contribution in [3.8, 4) is 0 Å². The highest BCUT2D eigenvalue weighted by Crippen LogP contribution is 2.04. The van der Waals surface area contributed by atoms with Gasteiger partial charge in [0, 0.05) is 6.42 Å². The minimum Gasteiger partial charge on any atom is -0.344 e. The van der Waals surface area contributed by atoms with E-state index in [1.807, 2.05) is 30.3 Å². The quantitative estimate of drug-likeness (QED) is 0.712. The standard InChI is InChI=1S/C17H22N2O3/c1-4-14(18-16(21)5-2)17(22)19-15(12(3)20)11-13-9-7-6-8-10-13/h4,6-10,14-15H,1,5,11H2,2-3H3,(H,18,21)(H,19,22)/t14-,15-/m0/s1. The monoisotopic (exact) mass is 302 g/mol. The summed E-state index contributed by atoms with van der Waals surface area (Å²) in [5, 5.41) is 5.21. The Bertz CT molecular complexity index is 540. The normalized spacial score (nSPS) is 12.8. The number of ketones is 1. The van der Waals surface area contributed by atoms with Gasteiger partial charge in [0.15, 0.2) is 5.78 Å². The number of rotatable bonds is 8. The Balaban J connectivity index is 2.73. The summed E-state index contributed by atoms with van der Waals surface area (Å²) in [4.78, 5) is 35.3. The second-order valence-electron chi connectivity index (χ2n) is 5.00. The minimum atomic E-state index is -0.843. The van der Waals surface area contributed by atoms with E-state index >= 15 is 0 Å². The number of nitrogens with one attached hydrogen (secondary N) is 2. The summed E-state index contributed by atoms with van der Waals surface area (Å²) in [6.07, 6.45) is 2.04. The Hall–Kier alpha value is -2.43. The minimum absolute atomic E-state index is 0.137. The van der Waals surface area contributed by atoms with Crippen LogP contribution in [0.3, 0.4) is 0 Å². The maximum Gasteiger partial charge on any atom is 0.247 e. The summed E-state index contributed by atoms with van der Waals surface area (Å²) in [6, 6.07) is 7.96. The van der Waals surface area contributed by atoms with Crippen LogP contribution in [-0.2, 0) is 20.8 Å². The summed E-state index contributed by atoms with van der Waals surface area (Å²) in [6.45, 7) is 6.67. The van der Waals surface area contributed by atoms with Crippen molar-refractivity contribution >= 4 is 17.6 Å². The molecule has 0 aromatic heterocycles. The Morgan fingerprint density at radius 1 is 1.18 bits per heavy atom. The molecule has 118 valence electrons. The zero-order valence-corrected chi connectivity index (χ0v) is 13.0. The van der Waals surface area contributed by atoms with E-state index in [1.165, 1.54) is 13.0 Å². The van der Waals surface area contributed by atoms with Crippen molar-refractivity contribution in [3.05, 3.63) is 48.6 Å². The van der Waals surface area contributed by atoms with Gasteiger partial charge in [-0.15, -0.1) is 6.58 Å². The Morgan fingerprint density at radius 3 is 2.32 bits per heavy atom. The second-order valence-corrected chi connectivity index (χ2v) is 5.00. The van der Waals surface area contributed by atoms with Crippen molar-refractivity contribution in [2.45, 2.75) is 38.8 Å². The summed E-state index contributed by atoms with van der Waals surface area (Å²) in [5.74, 6) is -0.822. The van der Waals surface area contributed by atoms with Crippen LogP contribution in [0.25, 0.3) is 0 Å². The summed E-state index contributed by atoms with van der Waals surface area (Å²) < 4.78 is 0. The average Bonchev–Trinajstić information content (AvgIpc) is 2.52. The van der Waals surface area contributed by atoms with E-state index < -0.39 is 18.0 Å². The lowest BCUT2D eigenvalue weighted by Gasteiger charge is -2.20. The zero-order valence-electron chi connectivity index (χ0n) is 13.0. The largest absolute Gasteiger partial charge is 0.344 e. The number of carbonyl (C=O) groups excluding carboxylic acids is 3. The average molecular weight is 302 g/mol. The SMILES string of the molecule is C=C[C@H](NC(=O)CC)C(=O)N[C@@H](Cc1ccccc1)C(C)=O. The summed E-state index contributed by atoms with van der Waals surface area (Å²) in [5.41, 5.74) is 0.954. The molecule has 0 aliphatic carbocycles. The van der Waals surface area contributed by atoms with Crippen molar-refractivity contribution < 1.29 is 14.4 Å². The molecule has 0 unspecified atom stereocenters. The smallest absolute Gasteiger partial charge is 0.247 e. The predicted octanol–water partition coefficient (Wildman–Crippen LogP) is 1.38. The van der Waals surface area contributed by atoms with Crippen molar-refractivity contribution in [2.75, 3.05) is 0 Å². The van der Waals surface area contributed by atoms with Gasteiger partial charge in [0.2, 0.25) is 11.8 Å². The maximum atomic E-state index is 12.2. The van der Waals surface area contributed by atoms with Gasteiger partial charge < -0.3 is 10.6 Å². The highest BCUT2D eigenvalue weighted by Gasteiger charge is 2.22. The number of benzene rings is 1. The van der Waals surface area contributed by atoms with Crippen molar-refractivity contribution in [3.63, 3.8) is 0 Å². The molecule has 5 heteroatoms. The van der Waals surface area contributed by atoms with E-state index in [9.17, 15) is 14.4 Å². The first-order valence-corrected chi connectivity index (χ1v) is 7.24. The molecule has 0 heterocycles. The van der Waals surface area contributed by atoms with E-state index in [4.69, 9.17) is 0 Å². The first kappa shape index (κ1) is 17.6. The molecule has 0 radical (unpaired) electrons. The van der Waals surface area contributed by atoms with Crippen LogP contribution in [-0.4, -0.2) is 29.7 Å². The molecule has 0 fully saturated rings. The van der Waals surface area contributed by atoms with E-state index in [-0.39, 0.29) is 18.1 Å². The fourth-order valence-electron chi connectivity index (χ4n) is 1.91. The zero-order chi connectivity index (χ0) is 16.5. The number of carbonyl (C=O) groups is 3. The summed E-state index contributed by atoms with van der Waals surface area (Å²) in [7, 11) is 0. The molecule has 2 atom stereocenters. The van der Waals surface area contributed by atoms with Gasteiger partial charge in [0.05, 0.1) is 6.04 Å². The molecule has 0 saturated heterocycles. The lowest BCUT2D eigenvalue weighted by Crippen LogP contribution is -2.51. The highest BCUT2D eigenvalue weighted by molar-refractivity contribution is 5.93. The molecule has 0 bridgehead atoms. The second kappa shape index (κ2) is 8.77. The van der Waals surface area contributed by atoms with Gasteiger partial charge in [-0.3, -0.25) is 14.4 Å². The highest BCUT2D eigenvalue weighted by atomic mass is 16.2. The molecule has 0 saturated carbocycles. The van der Waals surface area contributed by atoms with Crippen LogP contribution in [0.5, 0.6) is 0 Å². The van der Waals surface area contributed by atoms with Crippen LogP contribution >= 0.6 is 0 Å². The molecule has 1 aromatic carbocycles. The molecule has 0 aliphatic rings. The van der Waals surface area contributed by atoms with Crippen LogP contribution in [0.1, 0.15) is 25.8 Å².